The van der Waals surface area contributed by atoms with Crippen molar-refractivity contribution in [3.63, 3.8) is 0 Å². The zero-order valence-electron chi connectivity index (χ0n) is 23.2. The van der Waals surface area contributed by atoms with E-state index in [1.807, 2.05) is 34.7 Å². The number of benzene rings is 1. The molecule has 210 valence electrons. The van der Waals surface area contributed by atoms with Crippen LogP contribution in [0.4, 0.5) is 14.5 Å². The van der Waals surface area contributed by atoms with Gasteiger partial charge in [-0.1, -0.05) is 25.5 Å². The second-order valence-electron chi connectivity index (χ2n) is 12.4. The molecule has 1 amide bonds. The van der Waals surface area contributed by atoms with Crippen LogP contribution in [0.5, 0.6) is 0 Å². The largest absolute Gasteiger partial charge is 0.320 e. The maximum absolute atomic E-state index is 14.1. The number of aryl methyl sites for hydroxylation is 1. The lowest BCUT2D eigenvalue weighted by Crippen LogP contribution is -2.45. The van der Waals surface area contributed by atoms with Gasteiger partial charge in [0.15, 0.2) is 0 Å². The average Bonchev–Trinajstić information content (AvgIpc) is 3.59. The van der Waals surface area contributed by atoms with Gasteiger partial charge < -0.3 is 9.47 Å². The summed E-state index contributed by atoms with van der Waals surface area (Å²) < 4.78 is 30.1. The van der Waals surface area contributed by atoms with Gasteiger partial charge in [-0.15, -0.1) is 10.2 Å². The quantitative estimate of drug-likeness (QED) is 0.383. The van der Waals surface area contributed by atoms with Gasteiger partial charge in [0.05, 0.1) is 12.2 Å². The van der Waals surface area contributed by atoms with Crippen molar-refractivity contribution in [2.75, 3.05) is 18.0 Å². The molecule has 7 nitrogen and oxygen atoms in total. The number of carbonyl (C=O) groups excluding carboxylic acids is 1. The summed E-state index contributed by atoms with van der Waals surface area (Å²) in [7, 11) is 1.99. The SMILES string of the molecule is C[C@@H]1CN(Cc2cc3c(c(C4CC4)n2)CN(c2cccc([C@@H](c4nncn4C)C4CCC4)c2)C3=O)CCC1(F)F. The molecule has 1 aromatic carbocycles. The third-order valence-electron chi connectivity index (χ3n) is 9.55. The predicted molar refractivity (Wildman–Crippen MR) is 147 cm³/mol. The summed E-state index contributed by atoms with van der Waals surface area (Å²) in [5.41, 5.74) is 5.65. The number of hydrogen-bond donors (Lipinski definition) is 0. The zero-order valence-corrected chi connectivity index (χ0v) is 23.2. The summed E-state index contributed by atoms with van der Waals surface area (Å²) in [5.74, 6) is -1.28. The number of alkyl halides is 2. The minimum Gasteiger partial charge on any atom is -0.320 e. The molecule has 0 spiro atoms. The molecule has 1 saturated heterocycles. The highest BCUT2D eigenvalue weighted by Crippen LogP contribution is 2.46. The number of rotatable bonds is 7. The van der Waals surface area contributed by atoms with Crippen LogP contribution in [0.1, 0.15) is 96.0 Å². The van der Waals surface area contributed by atoms with E-state index in [0.717, 1.165) is 46.9 Å². The van der Waals surface area contributed by atoms with Gasteiger partial charge in [-0.2, -0.15) is 0 Å². The van der Waals surface area contributed by atoms with Gasteiger partial charge in [0.1, 0.15) is 12.2 Å². The number of piperidine rings is 1. The highest BCUT2D eigenvalue weighted by atomic mass is 19.3. The fraction of sp³-hybridized carbons (Fsp3) is 0.548. The van der Waals surface area contributed by atoms with Crippen molar-refractivity contribution in [1.82, 2.24) is 24.6 Å². The van der Waals surface area contributed by atoms with E-state index in [2.05, 4.69) is 27.2 Å². The fourth-order valence-electron chi connectivity index (χ4n) is 6.77. The predicted octanol–water partition coefficient (Wildman–Crippen LogP) is 5.66. The summed E-state index contributed by atoms with van der Waals surface area (Å²) in [4.78, 5) is 22.9. The summed E-state index contributed by atoms with van der Waals surface area (Å²) in [5, 5.41) is 8.60. The lowest BCUT2D eigenvalue weighted by molar-refractivity contribution is -0.100. The molecule has 0 bridgehead atoms. The lowest BCUT2D eigenvalue weighted by atomic mass is 9.72. The molecule has 0 radical (unpaired) electrons. The number of hydrogen-bond acceptors (Lipinski definition) is 5. The van der Waals surface area contributed by atoms with Gasteiger partial charge in [-0.05, 0) is 55.4 Å². The van der Waals surface area contributed by atoms with E-state index in [0.29, 0.717) is 38.0 Å². The van der Waals surface area contributed by atoms with E-state index >= 15 is 0 Å². The highest BCUT2D eigenvalue weighted by molar-refractivity contribution is 6.10. The van der Waals surface area contributed by atoms with Crippen LogP contribution >= 0.6 is 0 Å². The van der Waals surface area contributed by atoms with E-state index < -0.39 is 11.8 Å². The van der Waals surface area contributed by atoms with Crippen molar-refractivity contribution in [2.24, 2.45) is 18.9 Å². The minimum absolute atomic E-state index is 0.00454. The van der Waals surface area contributed by atoms with Crippen molar-refractivity contribution in [3.05, 3.63) is 70.6 Å². The first-order chi connectivity index (χ1) is 19.3. The van der Waals surface area contributed by atoms with Gasteiger partial charge in [0.2, 0.25) is 0 Å². The maximum Gasteiger partial charge on any atom is 0.259 e. The molecule has 40 heavy (non-hydrogen) atoms. The first kappa shape index (κ1) is 25.7. The number of halogens is 2. The molecule has 7 rings (SSSR count). The topological polar surface area (TPSA) is 67.2 Å². The van der Waals surface area contributed by atoms with Crippen molar-refractivity contribution >= 4 is 11.6 Å². The van der Waals surface area contributed by atoms with Crippen LogP contribution in [0.15, 0.2) is 36.7 Å². The Morgan fingerprint density at radius 2 is 1.98 bits per heavy atom. The first-order valence-electron chi connectivity index (χ1n) is 14.7. The normalized spacial score (nSPS) is 23.8. The van der Waals surface area contributed by atoms with Crippen LogP contribution in [0.25, 0.3) is 0 Å². The molecule has 2 atom stereocenters. The standard InChI is InChI=1S/C31H36F2N6O/c1-19-15-38(12-11-31(19,32)33)16-23-14-25-26(28(35-23)21-9-10-21)17-39(30(25)40)24-8-4-7-22(13-24)27(20-5-3-6-20)29-36-34-18-37(29)2/h4,7-8,13-14,18-21,27H,3,5-6,9-12,15-17H2,1-2H3/t19-,27+/m1/s1. The number of likely N-dealkylation sites (tertiary alicyclic amines) is 1. The molecule has 3 aromatic rings. The maximum atomic E-state index is 14.1. The van der Waals surface area contributed by atoms with Crippen molar-refractivity contribution in [1.29, 1.82) is 0 Å². The van der Waals surface area contributed by atoms with Gasteiger partial charge >= 0.3 is 0 Å². The van der Waals surface area contributed by atoms with Gasteiger partial charge in [0.25, 0.3) is 11.8 Å². The second kappa shape index (κ2) is 9.72. The van der Waals surface area contributed by atoms with Gasteiger partial charge in [-0.25, -0.2) is 8.78 Å². The monoisotopic (exact) mass is 546 g/mol. The molecule has 2 aromatic heterocycles. The molecule has 2 aliphatic carbocycles. The number of carbonyl (C=O) groups is 1. The van der Waals surface area contributed by atoms with Crippen LogP contribution < -0.4 is 4.90 Å². The first-order valence-corrected chi connectivity index (χ1v) is 14.7. The van der Waals surface area contributed by atoms with Gasteiger partial charge in [0, 0.05) is 73.4 Å². The molecule has 4 aliphatic rings. The molecule has 3 fully saturated rings. The lowest BCUT2D eigenvalue weighted by Gasteiger charge is -2.36. The Morgan fingerprint density at radius 3 is 2.65 bits per heavy atom. The summed E-state index contributed by atoms with van der Waals surface area (Å²) in [6.45, 7) is 3.31. The van der Waals surface area contributed by atoms with E-state index in [9.17, 15) is 13.6 Å². The third kappa shape index (κ3) is 4.52. The fourth-order valence-corrected chi connectivity index (χ4v) is 6.77. The van der Waals surface area contributed by atoms with Crippen LogP contribution in [0.2, 0.25) is 0 Å². The van der Waals surface area contributed by atoms with Crippen molar-refractivity contribution in [3.8, 4) is 0 Å². The Morgan fingerprint density at radius 1 is 1.15 bits per heavy atom. The minimum atomic E-state index is -2.61. The van der Waals surface area contributed by atoms with Crippen LogP contribution in [0, 0.1) is 11.8 Å². The molecule has 2 saturated carbocycles. The molecular formula is C31H36F2N6O. The van der Waals surface area contributed by atoms with Crippen molar-refractivity contribution in [2.45, 2.75) is 76.3 Å². The Balaban J connectivity index is 1.18. The Hall–Kier alpha value is -3.20. The number of fused-ring (bicyclic) bond motifs is 1. The number of aromatic nitrogens is 4. The van der Waals surface area contributed by atoms with Crippen LogP contribution in [0.3, 0.4) is 0 Å². The molecular weight excluding hydrogens is 510 g/mol. The van der Waals surface area contributed by atoms with Crippen LogP contribution in [-0.2, 0) is 20.1 Å². The molecule has 4 heterocycles. The summed E-state index contributed by atoms with van der Waals surface area (Å²) in [6, 6.07) is 10.3. The molecule has 2 aliphatic heterocycles. The molecule has 0 N–H and O–H groups in total. The number of nitrogens with zero attached hydrogens (tertiary/aromatic N) is 6. The smallest absolute Gasteiger partial charge is 0.259 e. The highest BCUT2D eigenvalue weighted by Gasteiger charge is 2.42. The molecule has 9 heteroatoms. The van der Waals surface area contributed by atoms with Crippen molar-refractivity contribution < 1.29 is 13.6 Å². The number of amides is 1. The third-order valence-corrected chi connectivity index (χ3v) is 9.55. The zero-order chi connectivity index (χ0) is 27.6. The summed E-state index contributed by atoms with van der Waals surface area (Å²) in [6.07, 6.45) is 7.36. The molecule has 0 unspecified atom stereocenters. The van der Waals surface area contributed by atoms with Gasteiger partial charge in [-0.3, -0.25) is 14.7 Å². The Labute approximate surface area is 233 Å². The Bertz CT molecular complexity index is 1450. The van der Waals surface area contributed by atoms with E-state index in [1.54, 1.807) is 13.3 Å². The Kier molecular flexibility index (Phi) is 6.25. The second-order valence-corrected chi connectivity index (χ2v) is 12.4. The van der Waals surface area contributed by atoms with E-state index in [1.165, 1.54) is 24.8 Å². The summed E-state index contributed by atoms with van der Waals surface area (Å²) >= 11 is 0. The van der Waals surface area contributed by atoms with E-state index in [4.69, 9.17) is 4.98 Å². The number of anilines is 1. The van der Waals surface area contributed by atoms with Crippen LogP contribution in [-0.4, -0.2) is 49.6 Å². The average molecular weight is 547 g/mol. The van der Waals surface area contributed by atoms with E-state index in [-0.39, 0.29) is 18.2 Å². The number of pyridine rings is 1.